The van der Waals surface area contributed by atoms with Crippen LogP contribution < -0.4 is 10.7 Å². The van der Waals surface area contributed by atoms with Gasteiger partial charge in [0.05, 0.1) is 12.8 Å². The first kappa shape index (κ1) is 17.0. The largest absolute Gasteiger partial charge is 0.376 e. The number of hydrazone groups is 1. The molecule has 5 nitrogen and oxygen atoms in total. The first-order valence-corrected chi connectivity index (χ1v) is 8.44. The lowest BCUT2D eigenvalue weighted by Crippen LogP contribution is -2.25. The highest BCUT2D eigenvalue weighted by Crippen LogP contribution is 2.19. The number of amides is 1. The second-order valence-corrected chi connectivity index (χ2v) is 5.98. The van der Waals surface area contributed by atoms with E-state index in [-0.39, 0.29) is 12.5 Å². The zero-order valence-corrected chi connectivity index (χ0v) is 14.6. The zero-order chi connectivity index (χ0) is 17.6. The molecule has 2 aromatic carbocycles. The molecule has 0 spiro atoms. The fourth-order valence-corrected chi connectivity index (χ4v) is 2.73. The van der Waals surface area contributed by atoms with Crippen molar-refractivity contribution < 1.29 is 4.79 Å². The summed E-state index contributed by atoms with van der Waals surface area (Å²) in [6.07, 6.45) is 3.71. The third-order valence-corrected chi connectivity index (χ3v) is 4.10. The van der Waals surface area contributed by atoms with E-state index in [1.165, 1.54) is 0 Å². The maximum absolute atomic E-state index is 11.9. The van der Waals surface area contributed by atoms with Crippen LogP contribution in [0.3, 0.4) is 0 Å². The van der Waals surface area contributed by atoms with Crippen LogP contribution >= 0.6 is 11.6 Å². The molecule has 0 aliphatic rings. The Morgan fingerprint density at radius 2 is 1.96 bits per heavy atom. The van der Waals surface area contributed by atoms with Crippen molar-refractivity contribution in [2.24, 2.45) is 5.10 Å². The zero-order valence-electron chi connectivity index (χ0n) is 13.9. The van der Waals surface area contributed by atoms with Crippen LogP contribution in [0.15, 0.2) is 59.8 Å². The lowest BCUT2D eigenvalue weighted by Gasteiger charge is -2.04. The first-order valence-electron chi connectivity index (χ1n) is 8.06. The third-order valence-electron chi connectivity index (χ3n) is 3.85. The molecule has 0 atom stereocenters. The van der Waals surface area contributed by atoms with E-state index in [0.29, 0.717) is 5.02 Å². The van der Waals surface area contributed by atoms with Crippen molar-refractivity contribution in [1.82, 2.24) is 9.99 Å². The standard InChI is InChI=1S/C19H19ClN4O/c1-2-24-13-14(17-5-3-4-6-18(17)24)11-22-23-19(25)12-21-16-9-7-15(20)8-10-16/h3-11,13,21H,2,12H2,1H3,(H,23,25)/b22-11-. The van der Waals surface area contributed by atoms with E-state index in [1.54, 1.807) is 18.3 Å². The quantitative estimate of drug-likeness (QED) is 0.521. The van der Waals surface area contributed by atoms with Gasteiger partial charge < -0.3 is 9.88 Å². The number of aryl methyl sites for hydroxylation is 1. The van der Waals surface area contributed by atoms with Crippen molar-refractivity contribution in [1.29, 1.82) is 0 Å². The minimum atomic E-state index is -0.217. The van der Waals surface area contributed by atoms with Gasteiger partial charge in [0.1, 0.15) is 0 Å². The van der Waals surface area contributed by atoms with Gasteiger partial charge in [0, 0.05) is 39.9 Å². The molecule has 1 aromatic heterocycles. The number of nitrogens with one attached hydrogen (secondary N) is 2. The Kier molecular flexibility index (Phi) is 5.36. The molecule has 25 heavy (non-hydrogen) atoms. The van der Waals surface area contributed by atoms with Crippen LogP contribution in [-0.2, 0) is 11.3 Å². The molecule has 0 fully saturated rings. The number of fused-ring (bicyclic) bond motifs is 1. The van der Waals surface area contributed by atoms with E-state index < -0.39 is 0 Å². The van der Waals surface area contributed by atoms with Crippen LogP contribution in [0.5, 0.6) is 0 Å². The summed E-state index contributed by atoms with van der Waals surface area (Å²) in [5, 5.41) is 8.85. The van der Waals surface area contributed by atoms with Crippen LogP contribution in [0.2, 0.25) is 5.02 Å². The van der Waals surface area contributed by atoms with Gasteiger partial charge in [0.15, 0.2) is 0 Å². The smallest absolute Gasteiger partial charge is 0.259 e. The monoisotopic (exact) mass is 354 g/mol. The Morgan fingerprint density at radius 1 is 1.20 bits per heavy atom. The van der Waals surface area contributed by atoms with Gasteiger partial charge >= 0.3 is 0 Å². The number of benzene rings is 2. The highest BCUT2D eigenvalue weighted by Gasteiger charge is 2.05. The van der Waals surface area contributed by atoms with Crippen molar-refractivity contribution in [3.63, 3.8) is 0 Å². The number of anilines is 1. The molecule has 0 saturated heterocycles. The Balaban J connectivity index is 1.59. The van der Waals surface area contributed by atoms with Gasteiger partial charge in [-0.1, -0.05) is 29.8 Å². The van der Waals surface area contributed by atoms with Crippen molar-refractivity contribution >= 4 is 40.3 Å². The summed E-state index contributed by atoms with van der Waals surface area (Å²) in [6.45, 7) is 3.11. The van der Waals surface area contributed by atoms with Crippen molar-refractivity contribution in [2.75, 3.05) is 11.9 Å². The molecular weight excluding hydrogens is 336 g/mol. The molecule has 0 saturated carbocycles. The Morgan fingerprint density at radius 3 is 2.72 bits per heavy atom. The van der Waals surface area contributed by atoms with Gasteiger partial charge in [-0.05, 0) is 37.3 Å². The predicted octanol–water partition coefficient (Wildman–Crippen LogP) is 3.88. The summed E-state index contributed by atoms with van der Waals surface area (Å²) >= 11 is 5.83. The van der Waals surface area contributed by atoms with E-state index in [0.717, 1.165) is 28.7 Å². The minimum absolute atomic E-state index is 0.135. The fourth-order valence-electron chi connectivity index (χ4n) is 2.60. The molecule has 3 aromatic rings. The normalized spacial score (nSPS) is 11.1. The van der Waals surface area contributed by atoms with Crippen LogP contribution in [0.4, 0.5) is 5.69 Å². The highest BCUT2D eigenvalue weighted by atomic mass is 35.5. The lowest BCUT2D eigenvalue weighted by atomic mass is 10.2. The molecule has 3 rings (SSSR count). The average Bonchev–Trinajstić information content (AvgIpc) is 2.99. The molecule has 0 bridgehead atoms. The van der Waals surface area contributed by atoms with Crippen molar-refractivity contribution in [3.8, 4) is 0 Å². The maximum Gasteiger partial charge on any atom is 0.259 e. The van der Waals surface area contributed by atoms with Crippen LogP contribution in [0.25, 0.3) is 10.9 Å². The van der Waals surface area contributed by atoms with Gasteiger partial charge in [-0.15, -0.1) is 0 Å². The lowest BCUT2D eigenvalue weighted by molar-refractivity contribution is -0.119. The maximum atomic E-state index is 11.9. The molecule has 1 heterocycles. The Hall–Kier alpha value is -2.79. The summed E-state index contributed by atoms with van der Waals surface area (Å²) in [6, 6.07) is 15.3. The number of rotatable bonds is 6. The van der Waals surface area contributed by atoms with E-state index in [9.17, 15) is 4.79 Å². The van der Waals surface area contributed by atoms with Gasteiger partial charge in [0.25, 0.3) is 5.91 Å². The van der Waals surface area contributed by atoms with E-state index in [1.807, 2.05) is 36.5 Å². The van der Waals surface area contributed by atoms with Gasteiger partial charge in [0.2, 0.25) is 0 Å². The summed E-state index contributed by atoms with van der Waals surface area (Å²) in [5.74, 6) is -0.217. The Bertz CT molecular complexity index is 899. The SMILES string of the molecule is CCn1cc(/C=N\NC(=O)CNc2ccc(Cl)cc2)c2ccccc21. The number of aromatic nitrogens is 1. The highest BCUT2D eigenvalue weighted by molar-refractivity contribution is 6.30. The van der Waals surface area contributed by atoms with Crippen molar-refractivity contribution in [2.45, 2.75) is 13.5 Å². The molecule has 0 aliphatic carbocycles. The summed E-state index contributed by atoms with van der Waals surface area (Å²) < 4.78 is 2.15. The van der Waals surface area contributed by atoms with E-state index in [2.05, 4.69) is 33.4 Å². The topological polar surface area (TPSA) is 58.4 Å². The number of halogens is 1. The van der Waals surface area contributed by atoms with Crippen LogP contribution in [-0.4, -0.2) is 23.2 Å². The summed E-state index contributed by atoms with van der Waals surface area (Å²) in [4.78, 5) is 11.9. The fraction of sp³-hybridized carbons (Fsp3) is 0.158. The third kappa shape index (κ3) is 4.19. The second-order valence-electron chi connectivity index (χ2n) is 5.54. The number of hydrogen-bond acceptors (Lipinski definition) is 3. The minimum Gasteiger partial charge on any atom is -0.376 e. The molecular formula is C19H19ClN4O. The van der Waals surface area contributed by atoms with Crippen LogP contribution in [0, 0.1) is 0 Å². The number of hydrogen-bond donors (Lipinski definition) is 2. The molecule has 128 valence electrons. The average molecular weight is 355 g/mol. The summed E-state index contributed by atoms with van der Waals surface area (Å²) in [7, 11) is 0. The van der Waals surface area contributed by atoms with Crippen LogP contribution in [0.1, 0.15) is 12.5 Å². The van der Waals surface area contributed by atoms with Gasteiger partial charge in [-0.25, -0.2) is 5.43 Å². The number of carbonyl (C=O) groups excluding carboxylic acids is 1. The van der Waals surface area contributed by atoms with E-state index >= 15 is 0 Å². The number of carbonyl (C=O) groups is 1. The second kappa shape index (κ2) is 7.85. The first-order chi connectivity index (χ1) is 12.2. The van der Waals surface area contributed by atoms with Gasteiger partial charge in [-0.3, -0.25) is 4.79 Å². The molecule has 1 amide bonds. The number of nitrogens with zero attached hydrogens (tertiary/aromatic N) is 2. The summed E-state index contributed by atoms with van der Waals surface area (Å²) in [5.41, 5.74) is 5.50. The van der Waals surface area contributed by atoms with Gasteiger partial charge in [-0.2, -0.15) is 5.10 Å². The molecule has 2 N–H and O–H groups in total. The van der Waals surface area contributed by atoms with Crippen molar-refractivity contribution in [3.05, 3.63) is 65.3 Å². The van der Waals surface area contributed by atoms with E-state index in [4.69, 9.17) is 11.6 Å². The molecule has 0 aliphatic heterocycles. The predicted molar refractivity (Wildman–Crippen MR) is 103 cm³/mol. The Labute approximate surface area is 151 Å². The number of para-hydroxylation sites is 1. The molecule has 6 heteroatoms. The molecule has 0 radical (unpaired) electrons. The molecule has 0 unspecified atom stereocenters.